The van der Waals surface area contributed by atoms with E-state index in [1.165, 1.54) is 14.2 Å². The summed E-state index contributed by atoms with van der Waals surface area (Å²) in [6, 6.07) is 3.63. The largest absolute Gasteiger partial charge is 0.469 e. The van der Waals surface area contributed by atoms with E-state index < -0.39 is 5.97 Å². The first kappa shape index (κ1) is 21.6. The summed E-state index contributed by atoms with van der Waals surface area (Å²) in [5.41, 5.74) is 5.12. The predicted octanol–water partition coefficient (Wildman–Crippen LogP) is 4.38. The molecule has 0 aliphatic carbocycles. The van der Waals surface area contributed by atoms with Crippen LogP contribution >= 0.6 is 11.6 Å². The van der Waals surface area contributed by atoms with E-state index in [0.29, 0.717) is 34.8 Å². The summed E-state index contributed by atoms with van der Waals surface area (Å²) >= 11 is 6.64. The van der Waals surface area contributed by atoms with E-state index in [0.717, 1.165) is 27.9 Å². The molecule has 0 unspecified atom stereocenters. The van der Waals surface area contributed by atoms with Crippen LogP contribution in [0.5, 0.6) is 0 Å². The third kappa shape index (κ3) is 3.73. The lowest BCUT2D eigenvalue weighted by Gasteiger charge is -2.11. The van der Waals surface area contributed by atoms with Crippen molar-refractivity contribution >= 4 is 34.4 Å². The summed E-state index contributed by atoms with van der Waals surface area (Å²) in [4.78, 5) is 27.4. The summed E-state index contributed by atoms with van der Waals surface area (Å²) in [6.45, 7) is 8.23. The van der Waals surface area contributed by atoms with Crippen LogP contribution in [0.25, 0.3) is 22.2 Å². The second-order valence-corrected chi connectivity index (χ2v) is 7.33. The zero-order valence-electron chi connectivity index (χ0n) is 17.5. The van der Waals surface area contributed by atoms with E-state index in [-0.39, 0.29) is 12.4 Å². The van der Waals surface area contributed by atoms with Crippen LogP contribution in [0.15, 0.2) is 24.8 Å². The van der Waals surface area contributed by atoms with E-state index in [9.17, 15) is 9.59 Å². The second-order valence-electron chi connectivity index (χ2n) is 6.92. The van der Waals surface area contributed by atoms with Gasteiger partial charge in [-0.05, 0) is 37.5 Å². The number of H-pyrrole nitrogens is 1. The van der Waals surface area contributed by atoms with Crippen LogP contribution in [0.2, 0.25) is 5.02 Å². The zero-order valence-corrected chi connectivity index (χ0v) is 18.2. The molecule has 2 aromatic heterocycles. The van der Waals surface area contributed by atoms with Gasteiger partial charge >= 0.3 is 11.9 Å². The molecule has 0 atom stereocenters. The van der Waals surface area contributed by atoms with Crippen molar-refractivity contribution in [1.29, 1.82) is 0 Å². The predicted molar refractivity (Wildman–Crippen MR) is 116 cm³/mol. The maximum Gasteiger partial charge on any atom is 0.354 e. The van der Waals surface area contributed by atoms with Crippen LogP contribution in [-0.4, -0.2) is 40.9 Å². The van der Waals surface area contributed by atoms with Gasteiger partial charge in [0.2, 0.25) is 0 Å². The van der Waals surface area contributed by atoms with Crippen molar-refractivity contribution in [3.8, 4) is 11.3 Å². The number of ether oxygens (including phenoxy) is 2. The molecule has 0 fully saturated rings. The number of carbonyl (C=O) groups excluding carboxylic acids is 2. The molecule has 0 amide bonds. The number of aromatic amines is 1. The van der Waals surface area contributed by atoms with Gasteiger partial charge in [0.15, 0.2) is 0 Å². The van der Waals surface area contributed by atoms with Crippen molar-refractivity contribution in [2.75, 3.05) is 14.2 Å². The third-order valence-corrected chi connectivity index (χ3v) is 5.51. The third-order valence-electron chi connectivity index (χ3n) is 5.19. The minimum absolute atomic E-state index is 0.137. The Balaban J connectivity index is 2.31. The number of esters is 2. The maximum atomic E-state index is 12.5. The maximum absolute atomic E-state index is 12.5. The van der Waals surface area contributed by atoms with E-state index >= 15 is 0 Å². The lowest BCUT2D eigenvalue weighted by atomic mass is 10.00. The van der Waals surface area contributed by atoms with Crippen LogP contribution in [0.4, 0.5) is 0 Å². The first-order valence-electron chi connectivity index (χ1n) is 9.47. The van der Waals surface area contributed by atoms with Crippen molar-refractivity contribution in [1.82, 2.24) is 14.8 Å². The monoisotopic (exact) mass is 429 g/mol. The first-order chi connectivity index (χ1) is 14.3. The number of halogens is 1. The second kappa shape index (κ2) is 8.75. The number of aromatic nitrogens is 3. The van der Waals surface area contributed by atoms with Gasteiger partial charge in [-0.15, -0.1) is 6.58 Å². The Morgan fingerprint density at radius 3 is 2.63 bits per heavy atom. The number of hydrogen-bond donors (Lipinski definition) is 1. The topological polar surface area (TPSA) is 86.2 Å². The minimum atomic E-state index is -0.513. The van der Waals surface area contributed by atoms with Gasteiger partial charge in [0, 0.05) is 17.4 Å². The van der Waals surface area contributed by atoms with Gasteiger partial charge < -0.3 is 14.5 Å². The Morgan fingerprint density at radius 1 is 1.27 bits per heavy atom. The molecule has 0 saturated heterocycles. The van der Waals surface area contributed by atoms with E-state index in [1.54, 1.807) is 12.1 Å². The fourth-order valence-electron chi connectivity index (χ4n) is 3.63. The summed E-state index contributed by atoms with van der Waals surface area (Å²) in [6.07, 6.45) is 2.22. The lowest BCUT2D eigenvalue weighted by Crippen LogP contribution is -2.07. The quantitative estimate of drug-likeness (QED) is 0.445. The van der Waals surface area contributed by atoms with Crippen molar-refractivity contribution in [3.05, 3.63) is 52.3 Å². The lowest BCUT2D eigenvalue weighted by molar-refractivity contribution is -0.140. The SMILES string of the molecule is C=CCn1nc(C)c(C)c1-c1c(Cl)ccc2c(CCC(=O)OC)c(C(=O)OC)[nH]c12. The summed E-state index contributed by atoms with van der Waals surface area (Å²) in [5.74, 6) is -0.870. The molecule has 3 rings (SSSR count). The first-order valence-corrected chi connectivity index (χ1v) is 9.85. The molecule has 8 heteroatoms. The van der Waals surface area contributed by atoms with Gasteiger partial charge in [0.05, 0.1) is 42.7 Å². The molecule has 1 aromatic carbocycles. The Kier molecular flexibility index (Phi) is 6.31. The Morgan fingerprint density at radius 2 is 2.00 bits per heavy atom. The smallest absolute Gasteiger partial charge is 0.354 e. The highest BCUT2D eigenvalue weighted by Crippen LogP contribution is 2.39. The van der Waals surface area contributed by atoms with Gasteiger partial charge in [0.25, 0.3) is 0 Å². The number of methoxy groups -OCH3 is 2. The number of nitrogens with zero attached hydrogens (tertiary/aromatic N) is 2. The highest BCUT2D eigenvalue weighted by molar-refractivity contribution is 6.35. The van der Waals surface area contributed by atoms with Crippen molar-refractivity contribution in [3.63, 3.8) is 0 Å². The fraction of sp³-hybridized carbons (Fsp3) is 0.318. The van der Waals surface area contributed by atoms with Crippen LogP contribution in [-0.2, 0) is 27.2 Å². The van der Waals surface area contributed by atoms with Crippen LogP contribution in [0.1, 0.15) is 33.7 Å². The molecule has 3 aromatic rings. The van der Waals surface area contributed by atoms with E-state index in [1.807, 2.05) is 24.6 Å². The number of benzene rings is 1. The molecule has 0 radical (unpaired) electrons. The minimum Gasteiger partial charge on any atom is -0.469 e. The van der Waals surface area contributed by atoms with Crippen molar-refractivity contribution < 1.29 is 19.1 Å². The molecule has 0 aliphatic heterocycles. The molecule has 0 saturated carbocycles. The summed E-state index contributed by atoms with van der Waals surface area (Å²) in [5, 5.41) is 5.91. The molecular formula is C22H24ClN3O4. The molecular weight excluding hydrogens is 406 g/mol. The number of hydrogen-bond acceptors (Lipinski definition) is 5. The van der Waals surface area contributed by atoms with Gasteiger partial charge in [0.1, 0.15) is 5.69 Å². The number of fused-ring (bicyclic) bond motifs is 1. The average molecular weight is 430 g/mol. The van der Waals surface area contributed by atoms with Gasteiger partial charge in [-0.1, -0.05) is 23.7 Å². The molecule has 158 valence electrons. The van der Waals surface area contributed by atoms with E-state index in [2.05, 4.69) is 16.7 Å². The highest BCUT2D eigenvalue weighted by atomic mass is 35.5. The van der Waals surface area contributed by atoms with E-state index in [4.69, 9.17) is 21.1 Å². The fourth-order valence-corrected chi connectivity index (χ4v) is 3.88. The highest BCUT2D eigenvalue weighted by Gasteiger charge is 2.25. The zero-order chi connectivity index (χ0) is 22.0. The van der Waals surface area contributed by atoms with Crippen LogP contribution in [0, 0.1) is 13.8 Å². The van der Waals surface area contributed by atoms with Crippen LogP contribution < -0.4 is 0 Å². The van der Waals surface area contributed by atoms with Crippen molar-refractivity contribution in [2.45, 2.75) is 33.2 Å². The van der Waals surface area contributed by atoms with Gasteiger partial charge in [-0.2, -0.15) is 5.10 Å². The van der Waals surface area contributed by atoms with Gasteiger partial charge in [-0.3, -0.25) is 9.48 Å². The summed E-state index contributed by atoms with van der Waals surface area (Å²) < 4.78 is 11.5. The molecule has 0 aliphatic rings. The Hall–Kier alpha value is -3.06. The standard InChI is InChI=1S/C22H24ClN3O4/c1-6-11-26-21(12(2)13(3)25-26)18-16(23)9-7-14-15(8-10-17(27)29-4)20(22(28)30-5)24-19(14)18/h6-7,9,24H,1,8,10-11H2,2-5H3. The molecule has 0 spiro atoms. The summed E-state index contributed by atoms with van der Waals surface area (Å²) in [7, 11) is 2.65. The molecule has 0 bridgehead atoms. The molecule has 7 nitrogen and oxygen atoms in total. The molecule has 1 N–H and O–H groups in total. The number of nitrogens with one attached hydrogen (secondary N) is 1. The number of carbonyl (C=O) groups is 2. The number of allylic oxidation sites excluding steroid dienone is 1. The molecule has 30 heavy (non-hydrogen) atoms. The Labute approximate surface area is 179 Å². The normalized spacial score (nSPS) is 11.0. The van der Waals surface area contributed by atoms with Crippen LogP contribution in [0.3, 0.4) is 0 Å². The number of rotatable bonds is 7. The Bertz CT molecular complexity index is 1140. The number of aryl methyl sites for hydroxylation is 2. The average Bonchev–Trinajstić information content (AvgIpc) is 3.23. The van der Waals surface area contributed by atoms with Gasteiger partial charge in [-0.25, -0.2) is 4.79 Å². The van der Waals surface area contributed by atoms with Crippen molar-refractivity contribution in [2.24, 2.45) is 0 Å². The molecule has 2 heterocycles.